The number of hydrogen-bond donors (Lipinski definition) is 0. The van der Waals surface area contributed by atoms with E-state index in [-0.39, 0.29) is 49.0 Å². The van der Waals surface area contributed by atoms with Gasteiger partial charge in [0.15, 0.2) is 0 Å². The van der Waals surface area contributed by atoms with Crippen LogP contribution in [0, 0.1) is 14.9 Å². The quantitative estimate of drug-likeness (QED) is 0.0650. The van der Waals surface area contributed by atoms with Crippen molar-refractivity contribution in [3.8, 4) is 0 Å². The fourth-order valence-electron chi connectivity index (χ4n) is 8.59. The fourth-order valence-corrected chi connectivity index (χ4v) is 20.6. The number of hydrogen-bond acceptors (Lipinski definition) is 0. The molecule has 0 nitrogen and oxygen atoms in total. The van der Waals surface area contributed by atoms with Crippen molar-refractivity contribution in [3.05, 3.63) is 306 Å². The van der Waals surface area contributed by atoms with E-state index in [1.165, 1.54) is 63.7 Å². The maximum atomic E-state index is 2.38. The van der Waals surface area contributed by atoms with Crippen molar-refractivity contribution in [3.63, 3.8) is 0 Å². The molecule has 0 saturated carbocycles. The van der Waals surface area contributed by atoms with E-state index >= 15 is 0 Å². The summed E-state index contributed by atoms with van der Waals surface area (Å²) in [7, 11) is -4.56. The van der Waals surface area contributed by atoms with E-state index in [1.807, 2.05) is 0 Å². The first kappa shape index (κ1) is 53.9. The standard InChI is InChI=1S/2C30H24P2.2CH3.2Cu/c2*1-5-15-25(16-6-1)31(26-17-7-2-8-18-26)29-23-13-14-24-30(29)32(27-19-9-3-10-20-27)28-21-11-4-12-22-28;;;;/h2*1-24H;2*1H3;;/q;;2*-1;;+2/p+4. The third-order valence-corrected chi connectivity index (χ3v) is 23.1. The van der Waals surface area contributed by atoms with Crippen molar-refractivity contribution in [2.75, 3.05) is 0 Å². The maximum Gasteiger partial charge on any atom is 2.00 e. The third kappa shape index (κ3) is 13.2. The van der Waals surface area contributed by atoms with Crippen molar-refractivity contribution < 1.29 is 34.1 Å². The van der Waals surface area contributed by atoms with Crippen LogP contribution in [0.5, 0.6) is 0 Å². The molecule has 0 aliphatic carbocycles. The van der Waals surface area contributed by atoms with Gasteiger partial charge in [0.25, 0.3) is 0 Å². The van der Waals surface area contributed by atoms with Crippen LogP contribution >= 0.6 is 31.7 Å². The molecule has 6 heteroatoms. The third-order valence-electron chi connectivity index (χ3n) is 11.4. The zero-order valence-corrected chi connectivity index (χ0v) is 44.2. The average molecular weight is 1050 g/mol. The average Bonchev–Trinajstić information content (AvgIpc) is 3.38. The van der Waals surface area contributed by atoms with Crippen molar-refractivity contribution in [1.29, 1.82) is 0 Å². The largest absolute Gasteiger partial charge is 2.00 e. The Kier molecular flexibility index (Phi) is 22.1. The summed E-state index contributed by atoms with van der Waals surface area (Å²) < 4.78 is 0. The van der Waals surface area contributed by atoms with Crippen LogP contribution in [0.15, 0.2) is 291 Å². The van der Waals surface area contributed by atoms with Crippen LogP contribution in [0.2, 0.25) is 0 Å². The van der Waals surface area contributed by atoms with E-state index in [4.69, 9.17) is 0 Å². The minimum atomic E-state index is -1.14. The zero-order valence-electron chi connectivity index (χ0n) is 38.3. The summed E-state index contributed by atoms with van der Waals surface area (Å²) in [6.07, 6.45) is 0. The van der Waals surface area contributed by atoms with Gasteiger partial charge >= 0.3 is 17.1 Å². The van der Waals surface area contributed by atoms with Crippen LogP contribution in [0.3, 0.4) is 0 Å². The molecule has 10 rings (SSSR count). The van der Waals surface area contributed by atoms with E-state index in [0.717, 1.165) is 0 Å². The van der Waals surface area contributed by atoms with Gasteiger partial charge in [-0.15, -0.1) is 0 Å². The molecule has 10 aromatic rings. The molecule has 10 aromatic carbocycles. The van der Waals surface area contributed by atoms with Gasteiger partial charge in [-0.3, -0.25) is 0 Å². The molecular weight excluding hydrogens is 996 g/mol. The first-order chi connectivity index (χ1) is 31.8. The normalized spacial score (nSPS) is 10.4. The minimum Gasteiger partial charge on any atom is -0.358 e. The van der Waals surface area contributed by atoms with E-state index in [2.05, 4.69) is 291 Å². The Balaban J connectivity index is 0.000000240. The minimum absolute atomic E-state index is 0. The predicted molar refractivity (Wildman–Crippen MR) is 306 cm³/mol. The molecule has 2 radical (unpaired) electrons. The molecule has 0 bridgehead atoms. The Bertz CT molecular complexity index is 2360. The van der Waals surface area contributed by atoms with Crippen LogP contribution in [0.25, 0.3) is 0 Å². The molecule has 0 fully saturated rings. The smallest absolute Gasteiger partial charge is 0.358 e. The number of rotatable bonds is 12. The molecule has 0 unspecified atom stereocenters. The monoisotopic (exact) mass is 1050 g/mol. The van der Waals surface area contributed by atoms with Gasteiger partial charge in [-0.05, 0) is 121 Å². The predicted octanol–water partition coefficient (Wildman–Crippen LogP) is 10.2. The van der Waals surface area contributed by atoms with Crippen molar-refractivity contribution >= 4 is 95.3 Å². The van der Waals surface area contributed by atoms with E-state index < -0.39 is 31.7 Å². The van der Waals surface area contributed by atoms with Crippen LogP contribution in [0.4, 0.5) is 0 Å². The number of benzene rings is 10. The topological polar surface area (TPSA) is 0 Å². The van der Waals surface area contributed by atoms with E-state index in [0.29, 0.717) is 0 Å². The molecule has 0 spiro atoms. The summed E-state index contributed by atoms with van der Waals surface area (Å²) in [5, 5.41) is 17.4. The summed E-state index contributed by atoms with van der Waals surface area (Å²) in [5.74, 6) is 0. The Morgan fingerprint density at radius 1 is 0.162 bits per heavy atom. The molecule has 0 atom stereocenters. The molecule has 0 aliphatic rings. The Labute approximate surface area is 432 Å². The Hall–Kier alpha value is -5.04. The van der Waals surface area contributed by atoms with Gasteiger partial charge in [0.05, 0.1) is 0 Å². The molecule has 0 aromatic heterocycles. The second kappa shape index (κ2) is 27.8. The summed E-state index contributed by atoms with van der Waals surface area (Å²) in [6, 6.07) is 107. The summed E-state index contributed by atoms with van der Waals surface area (Å²) >= 11 is 0. The van der Waals surface area contributed by atoms with Gasteiger partial charge in [-0.25, -0.2) is 0 Å². The molecule has 68 heavy (non-hydrogen) atoms. The SMILES string of the molecule is [CH3-].[CH3-].[Cu+2].[Cu].c1ccc([PH+](c2ccccc2)c2ccccc2[PH+](c2ccccc2)c2ccccc2)cc1.c1ccc([PH+](c2ccccc2)c2ccccc2[PH+](c2ccccc2)c2ccccc2)cc1. The van der Waals surface area contributed by atoms with Gasteiger partial charge in [-0.2, -0.15) is 0 Å². The second-order valence-electron chi connectivity index (χ2n) is 15.5. The maximum absolute atomic E-state index is 2.38. The molecule has 0 aliphatic heterocycles. The van der Waals surface area contributed by atoms with E-state index in [9.17, 15) is 0 Å². The van der Waals surface area contributed by atoms with Gasteiger partial charge < -0.3 is 14.9 Å². The van der Waals surface area contributed by atoms with Crippen molar-refractivity contribution in [2.45, 2.75) is 0 Å². The van der Waals surface area contributed by atoms with Gasteiger partial charge in [0.2, 0.25) is 0 Å². The molecule has 0 N–H and O–H groups in total. The van der Waals surface area contributed by atoms with Gasteiger partial charge in [0.1, 0.15) is 95.3 Å². The van der Waals surface area contributed by atoms with Crippen LogP contribution in [-0.2, 0) is 34.1 Å². The first-order valence-electron chi connectivity index (χ1n) is 21.9. The van der Waals surface area contributed by atoms with Crippen LogP contribution in [0.1, 0.15) is 0 Å². The molecule has 344 valence electrons. The summed E-state index contributed by atoms with van der Waals surface area (Å²) in [5.41, 5.74) is 0. The van der Waals surface area contributed by atoms with Crippen molar-refractivity contribution in [1.82, 2.24) is 0 Å². The second-order valence-corrected chi connectivity index (χ2v) is 25.3. The first-order valence-corrected chi connectivity index (χ1v) is 27.9. The molecular formula is C62H58Cu2P4+4. The Morgan fingerprint density at radius 3 is 0.382 bits per heavy atom. The van der Waals surface area contributed by atoms with Gasteiger partial charge in [-0.1, -0.05) is 170 Å². The molecule has 0 saturated heterocycles. The van der Waals surface area contributed by atoms with E-state index in [1.54, 1.807) is 0 Å². The summed E-state index contributed by atoms with van der Waals surface area (Å²) in [6.45, 7) is 0. The van der Waals surface area contributed by atoms with Crippen LogP contribution in [-0.4, -0.2) is 0 Å². The fraction of sp³-hybridized carbons (Fsp3) is 0. The van der Waals surface area contributed by atoms with Crippen molar-refractivity contribution in [2.24, 2.45) is 0 Å². The zero-order chi connectivity index (χ0) is 43.2. The molecule has 0 heterocycles. The molecule has 0 amide bonds. The summed E-state index contributed by atoms with van der Waals surface area (Å²) in [4.78, 5) is 0. The Morgan fingerprint density at radius 2 is 0.265 bits per heavy atom. The van der Waals surface area contributed by atoms with Gasteiger partial charge in [0, 0.05) is 17.1 Å². The van der Waals surface area contributed by atoms with Crippen LogP contribution < -0.4 is 63.7 Å².